The predicted molar refractivity (Wildman–Crippen MR) is 110 cm³/mol. The van der Waals surface area contributed by atoms with E-state index in [2.05, 4.69) is 45.9 Å². The lowest BCUT2D eigenvalue weighted by atomic mass is 9.92. The summed E-state index contributed by atoms with van der Waals surface area (Å²) in [5, 5.41) is 0. The monoisotopic (exact) mass is 369 g/mol. The van der Waals surface area contributed by atoms with Gasteiger partial charge in [0.1, 0.15) is 0 Å². The van der Waals surface area contributed by atoms with Crippen molar-refractivity contribution >= 4 is 5.91 Å². The number of nitrogens with zero attached hydrogens (tertiary/aromatic N) is 3. The number of amides is 1. The van der Waals surface area contributed by atoms with E-state index < -0.39 is 0 Å². The third-order valence-corrected chi connectivity index (χ3v) is 6.95. The van der Waals surface area contributed by atoms with Crippen molar-refractivity contribution in [2.24, 2.45) is 5.92 Å². The Balaban J connectivity index is 1.27. The van der Waals surface area contributed by atoms with E-state index in [0.717, 1.165) is 32.6 Å². The lowest BCUT2D eigenvalue weighted by Gasteiger charge is -2.42. The molecule has 0 aliphatic carbocycles. The molecule has 0 N–H and O–H groups in total. The first kappa shape index (κ1) is 18.9. The fourth-order valence-corrected chi connectivity index (χ4v) is 5.21. The third kappa shape index (κ3) is 4.55. The first-order valence-electron chi connectivity index (χ1n) is 11.0. The Morgan fingerprint density at radius 2 is 1.70 bits per heavy atom. The van der Waals surface area contributed by atoms with Gasteiger partial charge in [-0.2, -0.15) is 0 Å². The molecule has 4 rings (SSSR count). The zero-order chi connectivity index (χ0) is 18.6. The SMILES string of the molecule is Cc1ccccc1CN1CCC(N2CCC[C@@H](C(=O)N3CCCC3)C2)CC1. The normalized spacial score (nSPS) is 25.8. The Labute approximate surface area is 164 Å². The van der Waals surface area contributed by atoms with Gasteiger partial charge < -0.3 is 4.90 Å². The van der Waals surface area contributed by atoms with Crippen molar-refractivity contribution in [2.75, 3.05) is 39.3 Å². The number of likely N-dealkylation sites (tertiary alicyclic amines) is 3. The fourth-order valence-electron chi connectivity index (χ4n) is 5.21. The van der Waals surface area contributed by atoms with Crippen LogP contribution in [0.15, 0.2) is 24.3 Å². The quantitative estimate of drug-likeness (QED) is 0.815. The second kappa shape index (κ2) is 8.74. The molecule has 0 saturated carbocycles. The van der Waals surface area contributed by atoms with E-state index in [0.29, 0.717) is 11.9 Å². The van der Waals surface area contributed by atoms with Gasteiger partial charge in [0, 0.05) is 32.2 Å². The summed E-state index contributed by atoms with van der Waals surface area (Å²) in [6.07, 6.45) is 7.17. The Bertz CT molecular complexity index is 632. The van der Waals surface area contributed by atoms with E-state index in [1.54, 1.807) is 0 Å². The summed E-state index contributed by atoms with van der Waals surface area (Å²) in [6.45, 7) is 9.83. The van der Waals surface area contributed by atoms with E-state index in [4.69, 9.17) is 0 Å². The molecule has 3 fully saturated rings. The third-order valence-electron chi connectivity index (χ3n) is 6.95. The van der Waals surface area contributed by atoms with Crippen LogP contribution in [0.4, 0.5) is 0 Å². The van der Waals surface area contributed by atoms with Crippen LogP contribution in [-0.2, 0) is 11.3 Å². The molecule has 3 heterocycles. The molecule has 1 atom stereocenters. The number of carbonyl (C=O) groups is 1. The van der Waals surface area contributed by atoms with Crippen LogP contribution < -0.4 is 0 Å². The van der Waals surface area contributed by atoms with E-state index in [9.17, 15) is 4.79 Å². The van der Waals surface area contributed by atoms with Gasteiger partial charge in [-0.25, -0.2) is 0 Å². The number of hydrogen-bond acceptors (Lipinski definition) is 3. The summed E-state index contributed by atoms with van der Waals surface area (Å²) in [5.74, 6) is 0.691. The van der Waals surface area contributed by atoms with E-state index in [1.807, 2.05) is 0 Å². The van der Waals surface area contributed by atoms with Crippen molar-refractivity contribution in [3.05, 3.63) is 35.4 Å². The number of carbonyl (C=O) groups excluding carboxylic acids is 1. The Hall–Kier alpha value is -1.39. The van der Waals surface area contributed by atoms with Crippen LogP contribution in [0, 0.1) is 12.8 Å². The maximum absolute atomic E-state index is 12.8. The van der Waals surface area contributed by atoms with Gasteiger partial charge in [0.2, 0.25) is 5.91 Å². The van der Waals surface area contributed by atoms with Crippen molar-refractivity contribution in [1.29, 1.82) is 0 Å². The summed E-state index contributed by atoms with van der Waals surface area (Å²) in [6, 6.07) is 9.43. The number of aryl methyl sites for hydroxylation is 1. The van der Waals surface area contributed by atoms with Gasteiger partial charge >= 0.3 is 0 Å². The predicted octanol–water partition coefficient (Wildman–Crippen LogP) is 3.29. The molecule has 0 aromatic heterocycles. The maximum atomic E-state index is 12.8. The van der Waals surface area contributed by atoms with Gasteiger partial charge in [0.25, 0.3) is 0 Å². The summed E-state index contributed by atoms with van der Waals surface area (Å²) in [4.78, 5) is 20.2. The highest BCUT2D eigenvalue weighted by molar-refractivity contribution is 5.79. The van der Waals surface area contributed by atoms with Crippen LogP contribution in [0.1, 0.15) is 49.7 Å². The molecule has 0 unspecified atom stereocenters. The highest BCUT2D eigenvalue weighted by Crippen LogP contribution is 2.26. The second-order valence-electron chi connectivity index (χ2n) is 8.80. The average molecular weight is 370 g/mol. The highest BCUT2D eigenvalue weighted by Gasteiger charge is 2.34. The van der Waals surface area contributed by atoms with Gasteiger partial charge in [0.05, 0.1) is 5.92 Å². The van der Waals surface area contributed by atoms with E-state index in [1.165, 1.54) is 62.9 Å². The molecule has 4 nitrogen and oxygen atoms in total. The first-order valence-corrected chi connectivity index (χ1v) is 11.0. The minimum Gasteiger partial charge on any atom is -0.342 e. The van der Waals surface area contributed by atoms with Crippen molar-refractivity contribution in [3.63, 3.8) is 0 Å². The zero-order valence-electron chi connectivity index (χ0n) is 16.9. The fraction of sp³-hybridized carbons (Fsp3) is 0.696. The minimum absolute atomic E-state index is 0.252. The zero-order valence-corrected chi connectivity index (χ0v) is 16.9. The van der Waals surface area contributed by atoms with E-state index in [-0.39, 0.29) is 5.92 Å². The molecule has 1 aromatic rings. The van der Waals surface area contributed by atoms with Crippen molar-refractivity contribution in [2.45, 2.75) is 58.0 Å². The van der Waals surface area contributed by atoms with Crippen molar-refractivity contribution in [1.82, 2.24) is 14.7 Å². The summed E-state index contributed by atoms with van der Waals surface area (Å²) >= 11 is 0. The Morgan fingerprint density at radius 3 is 2.44 bits per heavy atom. The van der Waals surface area contributed by atoms with Gasteiger partial charge in [0.15, 0.2) is 0 Å². The summed E-state index contributed by atoms with van der Waals surface area (Å²) in [5.41, 5.74) is 2.86. The molecule has 1 aromatic carbocycles. The molecule has 27 heavy (non-hydrogen) atoms. The molecule has 0 radical (unpaired) electrons. The molecule has 1 amide bonds. The van der Waals surface area contributed by atoms with Crippen LogP contribution in [0.25, 0.3) is 0 Å². The standard InChI is InChI=1S/C23H35N3O/c1-19-7-2-3-8-20(19)17-24-15-10-22(11-16-24)26-14-6-9-21(18-26)23(27)25-12-4-5-13-25/h2-3,7-8,21-22H,4-6,9-18H2,1H3/t21-/m1/s1. The minimum atomic E-state index is 0.252. The number of benzene rings is 1. The first-order chi connectivity index (χ1) is 13.2. The molecular formula is C23H35N3O. The van der Waals surface area contributed by atoms with Crippen LogP contribution in [0.3, 0.4) is 0 Å². The summed E-state index contributed by atoms with van der Waals surface area (Å²) in [7, 11) is 0. The van der Waals surface area contributed by atoms with Crippen LogP contribution in [-0.4, -0.2) is 65.9 Å². The molecule has 3 saturated heterocycles. The van der Waals surface area contributed by atoms with Gasteiger partial charge in [-0.3, -0.25) is 14.6 Å². The lowest BCUT2D eigenvalue weighted by Crippen LogP contribution is -2.51. The number of piperidine rings is 2. The van der Waals surface area contributed by atoms with E-state index >= 15 is 0 Å². The van der Waals surface area contributed by atoms with Crippen molar-refractivity contribution < 1.29 is 4.79 Å². The molecule has 3 aliphatic heterocycles. The van der Waals surface area contributed by atoms with Crippen LogP contribution >= 0.6 is 0 Å². The Kier molecular flexibility index (Phi) is 6.14. The average Bonchev–Trinajstić information content (AvgIpc) is 3.25. The molecular weight excluding hydrogens is 334 g/mol. The topological polar surface area (TPSA) is 26.8 Å². The number of rotatable bonds is 4. The molecule has 3 aliphatic rings. The molecule has 0 bridgehead atoms. The molecule has 4 heteroatoms. The second-order valence-corrected chi connectivity index (χ2v) is 8.80. The van der Waals surface area contributed by atoms with Crippen LogP contribution in [0.2, 0.25) is 0 Å². The number of hydrogen-bond donors (Lipinski definition) is 0. The maximum Gasteiger partial charge on any atom is 0.226 e. The molecule has 148 valence electrons. The largest absolute Gasteiger partial charge is 0.342 e. The van der Waals surface area contributed by atoms with Gasteiger partial charge in [-0.15, -0.1) is 0 Å². The smallest absolute Gasteiger partial charge is 0.226 e. The van der Waals surface area contributed by atoms with Gasteiger partial charge in [-0.05, 0) is 76.2 Å². The highest BCUT2D eigenvalue weighted by atomic mass is 16.2. The van der Waals surface area contributed by atoms with Gasteiger partial charge in [-0.1, -0.05) is 24.3 Å². The summed E-state index contributed by atoms with van der Waals surface area (Å²) < 4.78 is 0. The van der Waals surface area contributed by atoms with Crippen LogP contribution in [0.5, 0.6) is 0 Å². The molecule has 0 spiro atoms. The lowest BCUT2D eigenvalue weighted by molar-refractivity contribution is -0.136. The van der Waals surface area contributed by atoms with Crippen molar-refractivity contribution in [3.8, 4) is 0 Å². The Morgan fingerprint density at radius 1 is 0.963 bits per heavy atom.